The summed E-state index contributed by atoms with van der Waals surface area (Å²) < 4.78 is 54.1. The second-order valence-corrected chi connectivity index (χ2v) is 15.4. The van der Waals surface area contributed by atoms with Crippen molar-refractivity contribution >= 4 is 0 Å². The largest absolute Gasteiger partial charge is 0.350 e. The second kappa shape index (κ2) is 14.4. The Balaban J connectivity index is 1.47. The zero-order valence-electron chi connectivity index (χ0n) is 29.6. The average Bonchev–Trinajstić information content (AvgIpc) is 3.01. The van der Waals surface area contributed by atoms with Crippen molar-refractivity contribution in [1.29, 1.82) is 0 Å². The lowest BCUT2D eigenvalue weighted by Gasteiger charge is -2.51. The van der Waals surface area contributed by atoms with Crippen molar-refractivity contribution in [3.8, 4) is 0 Å². The van der Waals surface area contributed by atoms with Crippen LogP contribution < -0.4 is 0 Å². The first-order valence-electron chi connectivity index (χ1n) is 18.0. The SMILES string of the molecule is CCC1OC2OCC3OC(OC4C(C)C(CC)OC(OCC5OC(OC(C1C)C2C)C(C)C(C)C5C)C4C)C(C)C(C)C3C. The van der Waals surface area contributed by atoms with Gasteiger partial charge in [0.1, 0.15) is 0 Å². The molecule has 5 saturated heterocycles. The van der Waals surface area contributed by atoms with Gasteiger partial charge >= 0.3 is 0 Å². The number of hydrogen-bond acceptors (Lipinski definition) is 8. The molecule has 8 nitrogen and oxygen atoms in total. The molecule has 5 heterocycles. The number of ether oxygens (including phenoxy) is 8. The van der Waals surface area contributed by atoms with Gasteiger partial charge in [0.2, 0.25) is 0 Å². The maximum Gasteiger partial charge on any atom is 0.163 e. The minimum atomic E-state index is -0.374. The highest BCUT2D eigenvalue weighted by atomic mass is 16.7. The van der Waals surface area contributed by atoms with Crippen molar-refractivity contribution in [2.24, 2.45) is 59.2 Å². The van der Waals surface area contributed by atoms with Gasteiger partial charge in [-0.2, -0.15) is 0 Å². The number of fused-ring (bicyclic) bond motifs is 8. The first kappa shape index (κ1) is 35.0. The summed E-state index contributed by atoms with van der Waals surface area (Å²) in [6, 6.07) is 0. The lowest BCUT2D eigenvalue weighted by atomic mass is 9.78. The van der Waals surface area contributed by atoms with E-state index in [1.165, 1.54) is 0 Å². The molecule has 44 heavy (non-hydrogen) atoms. The standard InChI is InChI=1S/C36H64O8/c1-13-27-23(9)31-25(11)33(39-27)37-15-29-19(5)18(4)22(8)36(42-29)44-32-24(10)28(14-2)40-34(26(32)12)38-16-30-20(6)17(3)21(7)35(41-30)43-31/h17-36H,13-16H2,1-12H3. The molecule has 8 bridgehead atoms. The Morgan fingerprint density at radius 1 is 0.364 bits per heavy atom. The van der Waals surface area contributed by atoms with Crippen molar-refractivity contribution in [3.63, 3.8) is 0 Å². The van der Waals surface area contributed by atoms with Crippen LogP contribution in [0.15, 0.2) is 0 Å². The maximum absolute atomic E-state index is 6.99. The maximum atomic E-state index is 6.99. The van der Waals surface area contributed by atoms with Crippen LogP contribution >= 0.6 is 0 Å². The fourth-order valence-electron chi connectivity index (χ4n) is 8.70. The quantitative estimate of drug-likeness (QED) is 0.329. The van der Waals surface area contributed by atoms with E-state index >= 15 is 0 Å². The summed E-state index contributed by atoms with van der Waals surface area (Å²) >= 11 is 0. The molecule has 0 aromatic heterocycles. The fourth-order valence-corrected chi connectivity index (χ4v) is 8.70. The van der Waals surface area contributed by atoms with Crippen LogP contribution in [0.4, 0.5) is 0 Å². The number of rotatable bonds is 2. The van der Waals surface area contributed by atoms with Gasteiger partial charge < -0.3 is 37.9 Å². The molecule has 256 valence electrons. The van der Waals surface area contributed by atoms with Crippen molar-refractivity contribution < 1.29 is 37.9 Å². The number of hydrogen-bond donors (Lipinski definition) is 0. The topological polar surface area (TPSA) is 73.8 Å². The Bertz CT molecular complexity index is 847. The molecule has 8 heteroatoms. The molecule has 0 aromatic carbocycles. The molecule has 20 atom stereocenters. The Hall–Kier alpha value is -0.320. The Kier molecular flexibility index (Phi) is 11.5. The van der Waals surface area contributed by atoms with Crippen LogP contribution in [-0.4, -0.2) is 75.0 Å². The molecule has 5 aliphatic rings. The van der Waals surface area contributed by atoms with Gasteiger partial charge in [-0.25, -0.2) is 0 Å². The summed E-state index contributed by atoms with van der Waals surface area (Å²) in [5.41, 5.74) is 0. The highest BCUT2D eigenvalue weighted by Gasteiger charge is 2.50. The summed E-state index contributed by atoms with van der Waals surface area (Å²) in [6.07, 6.45) is 0.201. The Morgan fingerprint density at radius 2 is 0.727 bits per heavy atom. The molecular weight excluding hydrogens is 560 g/mol. The van der Waals surface area contributed by atoms with E-state index < -0.39 is 0 Å². The third-order valence-corrected chi connectivity index (χ3v) is 12.9. The molecule has 0 radical (unpaired) electrons. The summed E-state index contributed by atoms with van der Waals surface area (Å²) in [5, 5.41) is 0. The molecule has 0 aromatic rings. The predicted molar refractivity (Wildman–Crippen MR) is 169 cm³/mol. The van der Waals surface area contributed by atoms with Crippen LogP contribution in [0.1, 0.15) is 95.9 Å². The minimum absolute atomic E-state index is 0.0366. The van der Waals surface area contributed by atoms with Crippen LogP contribution in [0.3, 0.4) is 0 Å². The van der Waals surface area contributed by atoms with Gasteiger partial charge in [0.25, 0.3) is 0 Å². The van der Waals surface area contributed by atoms with Gasteiger partial charge in [-0.3, -0.25) is 0 Å². The zero-order chi connectivity index (χ0) is 32.0. The monoisotopic (exact) mass is 624 g/mol. The van der Waals surface area contributed by atoms with Gasteiger partial charge in [-0.15, -0.1) is 0 Å². The lowest BCUT2D eigenvalue weighted by Crippen LogP contribution is -2.57. The first-order chi connectivity index (χ1) is 20.9. The van der Waals surface area contributed by atoms with Gasteiger partial charge in [-0.1, -0.05) is 83.1 Å². The molecule has 0 spiro atoms. The zero-order valence-corrected chi connectivity index (χ0v) is 29.6. The van der Waals surface area contributed by atoms with Gasteiger partial charge in [0.05, 0.1) is 49.8 Å². The first-order valence-corrected chi connectivity index (χ1v) is 18.0. The van der Waals surface area contributed by atoms with E-state index in [1.54, 1.807) is 0 Å². The van der Waals surface area contributed by atoms with Crippen molar-refractivity contribution in [2.75, 3.05) is 13.2 Å². The second-order valence-electron chi connectivity index (χ2n) is 15.4. The molecule has 5 rings (SSSR count). The summed E-state index contributed by atoms with van der Waals surface area (Å²) in [4.78, 5) is 0. The molecule has 0 aliphatic carbocycles. The van der Waals surface area contributed by atoms with E-state index in [2.05, 4.69) is 83.1 Å². The van der Waals surface area contributed by atoms with E-state index in [1.807, 2.05) is 0 Å². The van der Waals surface area contributed by atoms with Crippen molar-refractivity contribution in [3.05, 3.63) is 0 Å². The summed E-state index contributed by atoms with van der Waals surface area (Å²) in [5.74, 6) is 2.47. The average molecular weight is 625 g/mol. The van der Waals surface area contributed by atoms with E-state index in [9.17, 15) is 0 Å². The fraction of sp³-hybridized carbons (Fsp3) is 1.00. The normalized spacial score (nSPS) is 55.9. The highest BCUT2D eigenvalue weighted by Crippen LogP contribution is 2.44. The van der Waals surface area contributed by atoms with Gasteiger partial charge in [-0.05, 0) is 36.5 Å². The summed E-state index contributed by atoms with van der Waals surface area (Å²) in [7, 11) is 0. The predicted octanol–water partition coefficient (Wildman–Crippen LogP) is 6.88. The molecule has 5 fully saturated rings. The van der Waals surface area contributed by atoms with Gasteiger partial charge in [0, 0.05) is 35.5 Å². The van der Waals surface area contributed by atoms with Crippen LogP contribution in [0.25, 0.3) is 0 Å². The van der Waals surface area contributed by atoms with E-state index in [-0.39, 0.29) is 97.3 Å². The van der Waals surface area contributed by atoms with Crippen molar-refractivity contribution in [2.45, 2.75) is 158 Å². The third-order valence-electron chi connectivity index (χ3n) is 12.9. The molecule has 0 N–H and O–H groups in total. The molecule has 0 saturated carbocycles. The van der Waals surface area contributed by atoms with E-state index in [0.717, 1.165) is 12.8 Å². The van der Waals surface area contributed by atoms with Crippen LogP contribution in [0, 0.1) is 59.2 Å². The molecule has 0 amide bonds. The molecule has 20 unspecified atom stereocenters. The minimum Gasteiger partial charge on any atom is -0.350 e. The summed E-state index contributed by atoms with van der Waals surface area (Å²) in [6.45, 7) is 27.9. The lowest BCUT2D eigenvalue weighted by molar-refractivity contribution is -0.351. The van der Waals surface area contributed by atoms with Crippen LogP contribution in [0.2, 0.25) is 0 Å². The highest BCUT2D eigenvalue weighted by molar-refractivity contribution is 4.92. The Labute approximate surface area is 267 Å². The van der Waals surface area contributed by atoms with E-state index in [4.69, 9.17) is 37.9 Å². The third kappa shape index (κ3) is 6.67. The van der Waals surface area contributed by atoms with Gasteiger partial charge in [0.15, 0.2) is 25.2 Å². The van der Waals surface area contributed by atoms with E-state index in [0.29, 0.717) is 36.9 Å². The van der Waals surface area contributed by atoms with Crippen molar-refractivity contribution in [1.82, 2.24) is 0 Å². The molecular formula is C36H64O8. The van der Waals surface area contributed by atoms with Crippen LogP contribution in [0.5, 0.6) is 0 Å². The molecule has 5 aliphatic heterocycles. The Morgan fingerprint density at radius 3 is 1.07 bits per heavy atom. The smallest absolute Gasteiger partial charge is 0.163 e. The van der Waals surface area contributed by atoms with Crippen LogP contribution in [-0.2, 0) is 37.9 Å².